The van der Waals surface area contributed by atoms with Crippen molar-refractivity contribution in [1.82, 2.24) is 4.57 Å². The molecule has 0 saturated heterocycles. The summed E-state index contributed by atoms with van der Waals surface area (Å²) >= 11 is 0. The molecule has 0 aliphatic heterocycles. The van der Waals surface area contributed by atoms with Crippen molar-refractivity contribution in [3.63, 3.8) is 0 Å². The van der Waals surface area contributed by atoms with Crippen LogP contribution in [0.1, 0.15) is 15.9 Å². The number of benzene rings is 2. The number of ether oxygens (including phenoxy) is 4. The van der Waals surface area contributed by atoms with Crippen molar-refractivity contribution in [2.75, 3.05) is 28.4 Å². The van der Waals surface area contributed by atoms with Crippen LogP contribution in [0.25, 0.3) is 17.0 Å². The predicted octanol–water partition coefficient (Wildman–Crippen LogP) is 4.11. The van der Waals surface area contributed by atoms with Crippen LogP contribution < -0.4 is 18.9 Å². The van der Waals surface area contributed by atoms with Crippen molar-refractivity contribution in [2.24, 2.45) is 7.05 Å². The van der Waals surface area contributed by atoms with Crippen LogP contribution in [0.4, 0.5) is 0 Å². The molecule has 28 heavy (non-hydrogen) atoms. The van der Waals surface area contributed by atoms with Gasteiger partial charge in [-0.3, -0.25) is 4.79 Å². The van der Waals surface area contributed by atoms with E-state index in [1.54, 1.807) is 31.4 Å². The van der Waals surface area contributed by atoms with E-state index in [1.165, 1.54) is 21.3 Å². The Labute approximate surface area is 163 Å². The Bertz CT molecular complexity index is 1020. The number of allylic oxidation sites excluding steroid dienone is 1. The Hall–Kier alpha value is -3.41. The van der Waals surface area contributed by atoms with Gasteiger partial charge in [-0.1, -0.05) is 0 Å². The highest BCUT2D eigenvalue weighted by Crippen LogP contribution is 2.38. The summed E-state index contributed by atoms with van der Waals surface area (Å²) in [4.78, 5) is 12.7. The van der Waals surface area contributed by atoms with Crippen molar-refractivity contribution in [3.8, 4) is 23.0 Å². The van der Waals surface area contributed by atoms with Crippen LogP contribution in [0.2, 0.25) is 0 Å². The monoisotopic (exact) mass is 381 g/mol. The van der Waals surface area contributed by atoms with Gasteiger partial charge in [0.25, 0.3) is 0 Å². The van der Waals surface area contributed by atoms with Gasteiger partial charge in [0, 0.05) is 35.8 Å². The molecule has 0 aliphatic carbocycles. The Morgan fingerprint density at radius 1 is 0.929 bits per heavy atom. The van der Waals surface area contributed by atoms with Crippen molar-refractivity contribution in [2.45, 2.75) is 0 Å². The molecule has 6 heteroatoms. The van der Waals surface area contributed by atoms with Gasteiger partial charge in [-0.15, -0.1) is 0 Å². The summed E-state index contributed by atoms with van der Waals surface area (Å²) in [6.45, 7) is 0. The number of nitrogens with zero attached hydrogens (tertiary/aromatic N) is 1. The summed E-state index contributed by atoms with van der Waals surface area (Å²) in [6, 6.07) is 9.14. The van der Waals surface area contributed by atoms with Crippen molar-refractivity contribution in [1.29, 1.82) is 0 Å². The fourth-order valence-electron chi connectivity index (χ4n) is 3.14. The molecule has 0 radical (unpaired) electrons. The number of hydrogen-bond acceptors (Lipinski definition) is 5. The van der Waals surface area contributed by atoms with Gasteiger partial charge in [-0.2, -0.15) is 0 Å². The molecule has 0 spiro atoms. The number of aryl methyl sites for hydroxylation is 1. The maximum atomic E-state index is 12.7. The van der Waals surface area contributed by atoms with Gasteiger partial charge >= 0.3 is 0 Å². The van der Waals surface area contributed by atoms with Gasteiger partial charge in [0.2, 0.25) is 5.75 Å². The fourth-order valence-corrected chi connectivity index (χ4v) is 3.14. The van der Waals surface area contributed by atoms with Crippen LogP contribution in [0.15, 0.2) is 42.6 Å². The van der Waals surface area contributed by atoms with Crippen molar-refractivity contribution in [3.05, 3.63) is 53.7 Å². The number of fused-ring (bicyclic) bond motifs is 1. The first-order chi connectivity index (χ1) is 13.5. The molecule has 0 amide bonds. The van der Waals surface area contributed by atoms with Crippen LogP contribution >= 0.6 is 0 Å². The second-order valence-corrected chi connectivity index (χ2v) is 6.19. The SMILES string of the molecule is COc1ccc2c(/C=C/C(=O)c3cc(OC)c(OC)c(OC)c3)cn(C)c2c1. The van der Waals surface area contributed by atoms with Gasteiger partial charge in [0.15, 0.2) is 17.3 Å². The standard InChI is InChI=1S/C22H23NO5/c1-23-13-14(17-8-7-16(25-2)12-18(17)23)6-9-19(24)15-10-20(26-3)22(28-5)21(11-15)27-4/h6-13H,1-5H3/b9-6+. The van der Waals surface area contributed by atoms with Gasteiger partial charge in [0.1, 0.15) is 5.75 Å². The van der Waals surface area contributed by atoms with Crippen LogP contribution in [0, 0.1) is 0 Å². The number of methoxy groups -OCH3 is 4. The number of ketones is 1. The number of carbonyl (C=O) groups is 1. The van der Waals surface area contributed by atoms with E-state index in [2.05, 4.69) is 0 Å². The molecular weight excluding hydrogens is 358 g/mol. The lowest BCUT2D eigenvalue weighted by atomic mass is 10.1. The van der Waals surface area contributed by atoms with Crippen molar-refractivity contribution >= 4 is 22.8 Å². The third-order valence-corrected chi connectivity index (χ3v) is 4.59. The number of carbonyl (C=O) groups excluding carboxylic acids is 1. The average Bonchev–Trinajstić information content (AvgIpc) is 3.05. The minimum Gasteiger partial charge on any atom is -0.497 e. The molecule has 6 nitrogen and oxygen atoms in total. The van der Waals surface area contributed by atoms with Gasteiger partial charge in [0.05, 0.1) is 34.0 Å². The first kappa shape index (κ1) is 19.4. The maximum Gasteiger partial charge on any atom is 0.203 e. The molecule has 1 heterocycles. The summed E-state index contributed by atoms with van der Waals surface area (Å²) in [5.74, 6) is 1.96. The summed E-state index contributed by atoms with van der Waals surface area (Å²) in [5, 5.41) is 1.04. The third kappa shape index (κ3) is 3.53. The second-order valence-electron chi connectivity index (χ2n) is 6.19. The molecule has 146 valence electrons. The molecule has 2 aromatic carbocycles. The minimum atomic E-state index is -0.162. The normalized spacial score (nSPS) is 11.0. The highest BCUT2D eigenvalue weighted by Gasteiger charge is 2.16. The van der Waals surface area contributed by atoms with Crippen LogP contribution in [-0.2, 0) is 7.05 Å². The molecule has 3 aromatic rings. The zero-order valence-electron chi connectivity index (χ0n) is 16.6. The molecule has 0 unspecified atom stereocenters. The zero-order chi connectivity index (χ0) is 20.3. The Morgan fingerprint density at radius 3 is 2.18 bits per heavy atom. The van der Waals surface area contributed by atoms with E-state index in [1.807, 2.05) is 36.0 Å². The maximum absolute atomic E-state index is 12.7. The highest BCUT2D eigenvalue weighted by molar-refractivity contribution is 6.08. The van der Waals surface area contributed by atoms with Gasteiger partial charge in [-0.05, 0) is 36.4 Å². The fraction of sp³-hybridized carbons (Fsp3) is 0.227. The molecule has 0 saturated carbocycles. The lowest BCUT2D eigenvalue weighted by Crippen LogP contribution is -2.00. The van der Waals surface area contributed by atoms with E-state index in [0.717, 1.165) is 22.2 Å². The van der Waals surface area contributed by atoms with E-state index < -0.39 is 0 Å². The molecule has 3 rings (SSSR count). The largest absolute Gasteiger partial charge is 0.497 e. The molecule has 0 atom stereocenters. The molecule has 0 N–H and O–H groups in total. The lowest BCUT2D eigenvalue weighted by Gasteiger charge is -2.13. The third-order valence-electron chi connectivity index (χ3n) is 4.59. The second kappa shape index (κ2) is 8.08. The van der Waals surface area contributed by atoms with E-state index in [4.69, 9.17) is 18.9 Å². The van der Waals surface area contributed by atoms with Crippen LogP contribution in [0.5, 0.6) is 23.0 Å². The van der Waals surface area contributed by atoms with E-state index in [9.17, 15) is 4.79 Å². The van der Waals surface area contributed by atoms with E-state index >= 15 is 0 Å². The summed E-state index contributed by atoms with van der Waals surface area (Å²) in [5.41, 5.74) is 2.42. The number of aromatic nitrogens is 1. The van der Waals surface area contributed by atoms with E-state index in [-0.39, 0.29) is 5.78 Å². The highest BCUT2D eigenvalue weighted by atomic mass is 16.5. The van der Waals surface area contributed by atoms with Crippen LogP contribution in [-0.4, -0.2) is 38.8 Å². The Morgan fingerprint density at radius 2 is 1.61 bits per heavy atom. The molecule has 0 bridgehead atoms. The Kier molecular flexibility index (Phi) is 5.59. The molecule has 1 aromatic heterocycles. The summed E-state index contributed by atoms with van der Waals surface area (Å²) in [7, 11) is 8.16. The lowest BCUT2D eigenvalue weighted by molar-refractivity contribution is 0.104. The first-order valence-corrected chi connectivity index (χ1v) is 8.67. The summed E-state index contributed by atoms with van der Waals surface area (Å²) in [6.07, 6.45) is 5.32. The van der Waals surface area contributed by atoms with E-state index in [0.29, 0.717) is 22.8 Å². The minimum absolute atomic E-state index is 0.162. The zero-order valence-corrected chi connectivity index (χ0v) is 16.6. The Balaban J connectivity index is 1.95. The number of hydrogen-bond donors (Lipinski definition) is 0. The molecule has 0 aliphatic rings. The summed E-state index contributed by atoms with van der Waals surface area (Å²) < 4.78 is 23.2. The van der Waals surface area contributed by atoms with Gasteiger partial charge in [-0.25, -0.2) is 0 Å². The average molecular weight is 381 g/mol. The van der Waals surface area contributed by atoms with Crippen LogP contribution in [0.3, 0.4) is 0 Å². The quantitative estimate of drug-likeness (QED) is 0.455. The van der Waals surface area contributed by atoms with Crippen molar-refractivity contribution < 1.29 is 23.7 Å². The molecule has 0 fully saturated rings. The number of rotatable bonds is 7. The first-order valence-electron chi connectivity index (χ1n) is 8.67. The predicted molar refractivity (Wildman–Crippen MR) is 109 cm³/mol. The smallest absolute Gasteiger partial charge is 0.203 e. The molecular formula is C22H23NO5. The topological polar surface area (TPSA) is 58.9 Å². The van der Waals surface area contributed by atoms with Gasteiger partial charge < -0.3 is 23.5 Å².